The third-order valence-electron chi connectivity index (χ3n) is 2.69. The van der Waals surface area contributed by atoms with Crippen LogP contribution in [0.15, 0.2) is 36.4 Å². The molecule has 104 valence electrons. The molecule has 0 aromatic heterocycles. The first-order valence-corrected chi connectivity index (χ1v) is 6.51. The summed E-state index contributed by atoms with van der Waals surface area (Å²) in [6, 6.07) is 8.65. The van der Waals surface area contributed by atoms with Crippen LogP contribution >= 0.6 is 23.2 Å². The molecule has 2 aromatic carbocycles. The van der Waals surface area contributed by atoms with Crippen molar-refractivity contribution < 1.29 is 9.18 Å². The molecule has 0 saturated heterocycles. The average Bonchev–Trinajstić information content (AvgIpc) is 2.39. The van der Waals surface area contributed by atoms with Crippen molar-refractivity contribution >= 4 is 40.6 Å². The van der Waals surface area contributed by atoms with E-state index in [1.807, 2.05) is 0 Å². The van der Waals surface area contributed by atoms with Gasteiger partial charge in [0.25, 0.3) is 0 Å². The van der Waals surface area contributed by atoms with Gasteiger partial charge in [0.2, 0.25) is 0 Å². The molecule has 0 spiro atoms. The molecule has 0 heterocycles. The number of carbonyl (C=O) groups excluding carboxylic acids is 1. The predicted octanol–water partition coefficient (Wildman–Crippen LogP) is 5.08. The standard InChI is InChI=1S/C14H11Cl2FN2O/c1-8-11(17)3-2-4-12(8)18-14(20)19-13-7-9(15)5-6-10(13)16/h2-7H,1H3,(H2,18,19,20). The smallest absolute Gasteiger partial charge is 0.307 e. The third kappa shape index (κ3) is 3.40. The van der Waals surface area contributed by atoms with Crippen LogP contribution in [-0.4, -0.2) is 6.03 Å². The fourth-order valence-electron chi connectivity index (χ4n) is 1.61. The number of amides is 2. The summed E-state index contributed by atoms with van der Waals surface area (Å²) in [4.78, 5) is 11.9. The molecule has 0 aliphatic carbocycles. The molecule has 0 radical (unpaired) electrons. The van der Waals surface area contributed by atoms with Crippen LogP contribution in [0.3, 0.4) is 0 Å². The van der Waals surface area contributed by atoms with E-state index >= 15 is 0 Å². The zero-order chi connectivity index (χ0) is 14.7. The van der Waals surface area contributed by atoms with E-state index in [9.17, 15) is 9.18 Å². The van der Waals surface area contributed by atoms with Gasteiger partial charge in [0, 0.05) is 16.3 Å². The minimum atomic E-state index is -0.525. The highest BCUT2D eigenvalue weighted by Crippen LogP contribution is 2.26. The summed E-state index contributed by atoms with van der Waals surface area (Å²) in [5, 5.41) is 5.92. The van der Waals surface area contributed by atoms with E-state index in [4.69, 9.17) is 23.2 Å². The summed E-state index contributed by atoms with van der Waals surface area (Å²) in [6.07, 6.45) is 0. The van der Waals surface area contributed by atoms with Crippen molar-refractivity contribution in [1.82, 2.24) is 0 Å². The van der Waals surface area contributed by atoms with Gasteiger partial charge in [0.15, 0.2) is 0 Å². The van der Waals surface area contributed by atoms with Crippen molar-refractivity contribution in [3.8, 4) is 0 Å². The predicted molar refractivity (Wildman–Crippen MR) is 80.2 cm³/mol. The Kier molecular flexibility index (Phi) is 4.47. The zero-order valence-corrected chi connectivity index (χ0v) is 12.0. The Morgan fingerprint density at radius 1 is 1.10 bits per heavy atom. The fraction of sp³-hybridized carbons (Fsp3) is 0.0714. The van der Waals surface area contributed by atoms with E-state index in [2.05, 4.69) is 10.6 Å². The lowest BCUT2D eigenvalue weighted by atomic mass is 10.2. The number of halogens is 3. The topological polar surface area (TPSA) is 41.1 Å². The molecule has 0 atom stereocenters. The van der Waals surface area contributed by atoms with E-state index in [-0.39, 0.29) is 5.82 Å². The Morgan fingerprint density at radius 3 is 2.55 bits per heavy atom. The second-order valence-electron chi connectivity index (χ2n) is 4.12. The van der Waals surface area contributed by atoms with Crippen LogP contribution in [-0.2, 0) is 0 Å². The van der Waals surface area contributed by atoms with Gasteiger partial charge in [-0.05, 0) is 37.3 Å². The molecular formula is C14H11Cl2FN2O. The van der Waals surface area contributed by atoms with Gasteiger partial charge < -0.3 is 10.6 Å². The SMILES string of the molecule is Cc1c(F)cccc1NC(=O)Nc1cc(Cl)ccc1Cl. The van der Waals surface area contributed by atoms with Gasteiger partial charge in [-0.1, -0.05) is 29.3 Å². The largest absolute Gasteiger partial charge is 0.323 e. The lowest BCUT2D eigenvalue weighted by molar-refractivity contribution is 0.262. The number of hydrogen-bond acceptors (Lipinski definition) is 1. The second kappa shape index (κ2) is 6.11. The maximum atomic E-state index is 13.4. The van der Waals surface area contributed by atoms with Gasteiger partial charge in [-0.15, -0.1) is 0 Å². The van der Waals surface area contributed by atoms with Crippen LogP contribution in [0, 0.1) is 12.7 Å². The summed E-state index contributed by atoms with van der Waals surface area (Å²) in [6.45, 7) is 1.58. The summed E-state index contributed by atoms with van der Waals surface area (Å²) >= 11 is 11.8. The Labute approximate surface area is 125 Å². The van der Waals surface area contributed by atoms with E-state index in [1.54, 1.807) is 25.1 Å². The molecule has 0 saturated carbocycles. The van der Waals surface area contributed by atoms with Crippen LogP contribution in [0.2, 0.25) is 10.0 Å². The lowest BCUT2D eigenvalue weighted by Crippen LogP contribution is -2.20. The number of anilines is 2. The number of rotatable bonds is 2. The molecule has 0 unspecified atom stereocenters. The highest BCUT2D eigenvalue weighted by Gasteiger charge is 2.09. The van der Waals surface area contributed by atoms with Crippen LogP contribution in [0.1, 0.15) is 5.56 Å². The van der Waals surface area contributed by atoms with Gasteiger partial charge in [-0.3, -0.25) is 0 Å². The molecule has 6 heteroatoms. The molecule has 2 rings (SSSR count). The van der Waals surface area contributed by atoms with Crippen LogP contribution in [0.4, 0.5) is 20.6 Å². The molecule has 0 aliphatic rings. The molecule has 0 aliphatic heterocycles. The van der Waals surface area contributed by atoms with Gasteiger partial charge in [0.05, 0.1) is 10.7 Å². The number of carbonyl (C=O) groups is 1. The van der Waals surface area contributed by atoms with Crippen LogP contribution in [0.25, 0.3) is 0 Å². The molecule has 2 aromatic rings. The maximum absolute atomic E-state index is 13.4. The van der Waals surface area contributed by atoms with Gasteiger partial charge in [-0.2, -0.15) is 0 Å². The molecule has 2 N–H and O–H groups in total. The van der Waals surface area contributed by atoms with Crippen molar-refractivity contribution in [3.63, 3.8) is 0 Å². The highest BCUT2D eigenvalue weighted by molar-refractivity contribution is 6.35. The van der Waals surface area contributed by atoms with Crippen molar-refractivity contribution in [2.75, 3.05) is 10.6 Å². The Bertz CT molecular complexity index is 656. The first-order valence-electron chi connectivity index (χ1n) is 5.75. The van der Waals surface area contributed by atoms with Crippen LogP contribution < -0.4 is 10.6 Å². The van der Waals surface area contributed by atoms with Gasteiger partial charge >= 0.3 is 6.03 Å². The first-order chi connectivity index (χ1) is 9.47. The third-order valence-corrected chi connectivity index (χ3v) is 3.26. The monoisotopic (exact) mass is 312 g/mol. The maximum Gasteiger partial charge on any atom is 0.323 e. The Hall–Kier alpha value is -1.78. The van der Waals surface area contributed by atoms with E-state index < -0.39 is 6.03 Å². The number of urea groups is 1. The van der Waals surface area contributed by atoms with E-state index in [0.29, 0.717) is 27.0 Å². The Balaban J connectivity index is 2.13. The van der Waals surface area contributed by atoms with Gasteiger partial charge in [-0.25, -0.2) is 9.18 Å². The van der Waals surface area contributed by atoms with E-state index in [0.717, 1.165) is 0 Å². The minimum Gasteiger partial charge on any atom is -0.307 e. The zero-order valence-electron chi connectivity index (χ0n) is 10.5. The average molecular weight is 313 g/mol. The second-order valence-corrected chi connectivity index (χ2v) is 4.96. The van der Waals surface area contributed by atoms with Crippen molar-refractivity contribution in [2.45, 2.75) is 6.92 Å². The fourth-order valence-corrected chi connectivity index (χ4v) is 1.95. The summed E-state index contributed by atoms with van der Waals surface area (Å²) in [7, 11) is 0. The number of nitrogens with one attached hydrogen (secondary N) is 2. The highest BCUT2D eigenvalue weighted by atomic mass is 35.5. The molecular weight excluding hydrogens is 302 g/mol. The molecule has 20 heavy (non-hydrogen) atoms. The Morgan fingerprint density at radius 2 is 1.80 bits per heavy atom. The van der Waals surface area contributed by atoms with Crippen molar-refractivity contribution in [3.05, 3.63) is 57.8 Å². The van der Waals surface area contributed by atoms with Gasteiger partial charge in [0.1, 0.15) is 5.82 Å². The number of hydrogen-bond donors (Lipinski definition) is 2. The molecule has 0 fully saturated rings. The van der Waals surface area contributed by atoms with Crippen molar-refractivity contribution in [1.29, 1.82) is 0 Å². The number of benzene rings is 2. The summed E-state index contributed by atoms with van der Waals surface area (Å²) in [5.74, 6) is -0.386. The summed E-state index contributed by atoms with van der Waals surface area (Å²) in [5.41, 5.74) is 1.13. The molecule has 3 nitrogen and oxygen atoms in total. The van der Waals surface area contributed by atoms with E-state index in [1.165, 1.54) is 18.2 Å². The summed E-state index contributed by atoms with van der Waals surface area (Å²) < 4.78 is 13.4. The minimum absolute atomic E-state index is 0.361. The molecule has 0 bridgehead atoms. The first kappa shape index (κ1) is 14.6. The quantitative estimate of drug-likeness (QED) is 0.797. The van der Waals surface area contributed by atoms with Crippen LogP contribution in [0.5, 0.6) is 0 Å². The normalized spacial score (nSPS) is 10.2. The lowest BCUT2D eigenvalue weighted by Gasteiger charge is -2.11. The molecule has 2 amide bonds. The van der Waals surface area contributed by atoms with Crippen molar-refractivity contribution in [2.24, 2.45) is 0 Å².